The number of rotatable bonds is 16. The lowest BCUT2D eigenvalue weighted by atomic mass is 10.1. The van der Waals surface area contributed by atoms with Crippen LogP contribution in [0.1, 0.15) is 96.8 Å². The van der Waals surface area contributed by atoms with E-state index >= 15 is 0 Å². The number of alkyl halides is 3. The van der Waals surface area contributed by atoms with Crippen LogP contribution in [-0.2, 0) is 14.8 Å². The molecule has 0 radical (unpaired) electrons. The quantitative estimate of drug-likeness (QED) is 0.250. The first-order chi connectivity index (χ1) is 12.7. The maximum absolute atomic E-state index is 12.1. The standard InChI is InChI=1S/C19H34F3NO3S/c1-2-3-4-5-6-7-8-9-10-11-12-13-14-15-16-17-18(24)23-27(25,26)19(20,21)22/h9-10H,2-8,11-17H2,1H3,(H,23,24)/b10-9+. The fourth-order valence-corrected chi connectivity index (χ4v) is 3.13. The molecule has 27 heavy (non-hydrogen) atoms. The van der Waals surface area contributed by atoms with Crippen LogP contribution in [0.15, 0.2) is 12.2 Å². The van der Waals surface area contributed by atoms with Crippen LogP contribution in [0.2, 0.25) is 0 Å². The van der Waals surface area contributed by atoms with E-state index in [1.165, 1.54) is 38.5 Å². The van der Waals surface area contributed by atoms with Crippen LogP contribution in [0.4, 0.5) is 13.2 Å². The van der Waals surface area contributed by atoms with Crippen molar-refractivity contribution in [2.75, 3.05) is 0 Å². The number of allylic oxidation sites excluding steroid dienone is 2. The lowest BCUT2D eigenvalue weighted by Crippen LogP contribution is -2.40. The molecule has 4 nitrogen and oxygen atoms in total. The van der Waals surface area contributed by atoms with Crippen LogP contribution in [-0.4, -0.2) is 19.8 Å². The summed E-state index contributed by atoms with van der Waals surface area (Å²) in [5.74, 6) is -1.11. The van der Waals surface area contributed by atoms with Gasteiger partial charge in [-0.1, -0.05) is 70.4 Å². The maximum Gasteiger partial charge on any atom is 0.516 e. The number of amides is 1. The van der Waals surface area contributed by atoms with Gasteiger partial charge in [0.15, 0.2) is 0 Å². The predicted octanol–water partition coefficient (Wildman–Crippen LogP) is 5.99. The summed E-state index contributed by atoms with van der Waals surface area (Å²) in [4.78, 5) is 11.2. The van der Waals surface area contributed by atoms with Gasteiger partial charge < -0.3 is 0 Å². The Morgan fingerprint density at radius 1 is 0.815 bits per heavy atom. The van der Waals surface area contributed by atoms with Gasteiger partial charge in [-0.2, -0.15) is 21.6 Å². The maximum atomic E-state index is 12.1. The highest BCUT2D eigenvalue weighted by Gasteiger charge is 2.46. The molecule has 8 heteroatoms. The highest BCUT2D eigenvalue weighted by atomic mass is 32.2. The molecule has 1 amide bonds. The Morgan fingerprint density at radius 2 is 1.26 bits per heavy atom. The van der Waals surface area contributed by atoms with E-state index in [2.05, 4.69) is 19.1 Å². The summed E-state index contributed by atoms with van der Waals surface area (Å²) < 4.78 is 58.9. The average molecular weight is 414 g/mol. The van der Waals surface area contributed by atoms with E-state index < -0.39 is 21.4 Å². The van der Waals surface area contributed by atoms with Crippen molar-refractivity contribution in [3.05, 3.63) is 12.2 Å². The molecule has 1 N–H and O–H groups in total. The van der Waals surface area contributed by atoms with E-state index in [4.69, 9.17) is 0 Å². The Labute approximate surface area is 162 Å². The highest BCUT2D eigenvalue weighted by Crippen LogP contribution is 2.21. The number of hydrogen-bond acceptors (Lipinski definition) is 3. The highest BCUT2D eigenvalue weighted by molar-refractivity contribution is 7.90. The minimum absolute atomic E-state index is 0.215. The van der Waals surface area contributed by atoms with Crippen molar-refractivity contribution < 1.29 is 26.4 Å². The lowest BCUT2D eigenvalue weighted by Gasteiger charge is -2.09. The van der Waals surface area contributed by atoms with E-state index in [9.17, 15) is 26.4 Å². The number of nitrogens with one attached hydrogen (secondary N) is 1. The molecule has 0 aliphatic rings. The third-order valence-corrected chi connectivity index (χ3v) is 5.32. The molecule has 0 unspecified atom stereocenters. The number of carbonyl (C=O) groups is 1. The van der Waals surface area contributed by atoms with Crippen molar-refractivity contribution in [2.24, 2.45) is 0 Å². The van der Waals surface area contributed by atoms with Gasteiger partial charge in [-0.3, -0.25) is 4.79 Å². The van der Waals surface area contributed by atoms with Crippen molar-refractivity contribution in [3.63, 3.8) is 0 Å². The van der Waals surface area contributed by atoms with E-state index in [-0.39, 0.29) is 6.42 Å². The van der Waals surface area contributed by atoms with Crippen molar-refractivity contribution in [1.29, 1.82) is 0 Å². The molecule has 0 fully saturated rings. The van der Waals surface area contributed by atoms with E-state index in [1.54, 1.807) is 0 Å². The number of sulfonamides is 1. The molecule has 0 aromatic heterocycles. The van der Waals surface area contributed by atoms with E-state index in [0.29, 0.717) is 12.8 Å². The lowest BCUT2D eigenvalue weighted by molar-refractivity contribution is -0.120. The van der Waals surface area contributed by atoms with Crippen LogP contribution in [0.25, 0.3) is 0 Å². The first kappa shape index (κ1) is 26.0. The summed E-state index contributed by atoms with van der Waals surface area (Å²) in [7, 11) is -5.57. The molecule has 160 valence electrons. The number of carbonyl (C=O) groups excluding carboxylic acids is 1. The van der Waals surface area contributed by atoms with Gasteiger partial charge in [-0.05, 0) is 32.1 Å². The second kappa shape index (κ2) is 14.9. The average Bonchev–Trinajstić information content (AvgIpc) is 2.57. The van der Waals surface area contributed by atoms with Gasteiger partial charge in [-0.25, -0.2) is 4.72 Å². The molecule has 0 saturated heterocycles. The summed E-state index contributed by atoms with van der Waals surface area (Å²) >= 11 is 0. The van der Waals surface area contributed by atoms with E-state index in [1.807, 2.05) is 0 Å². The summed E-state index contributed by atoms with van der Waals surface area (Å²) in [6, 6.07) is 0. The summed E-state index contributed by atoms with van der Waals surface area (Å²) in [6.45, 7) is 2.21. The molecular formula is C19H34F3NO3S. The van der Waals surface area contributed by atoms with Crippen LogP contribution >= 0.6 is 0 Å². The van der Waals surface area contributed by atoms with Crippen LogP contribution in [0.5, 0.6) is 0 Å². The van der Waals surface area contributed by atoms with Gasteiger partial charge in [0.25, 0.3) is 0 Å². The van der Waals surface area contributed by atoms with Crippen molar-refractivity contribution in [3.8, 4) is 0 Å². The predicted molar refractivity (Wildman–Crippen MR) is 103 cm³/mol. The zero-order valence-corrected chi connectivity index (χ0v) is 17.1. The van der Waals surface area contributed by atoms with Crippen LogP contribution < -0.4 is 4.72 Å². The fourth-order valence-electron chi connectivity index (χ4n) is 2.62. The Bertz CT molecular complexity index is 517. The van der Waals surface area contributed by atoms with Crippen LogP contribution in [0.3, 0.4) is 0 Å². The van der Waals surface area contributed by atoms with Crippen molar-refractivity contribution in [2.45, 2.75) is 102 Å². The Hall–Kier alpha value is -1.05. The summed E-state index contributed by atoms with van der Waals surface area (Å²) in [5, 5.41) is 0. The minimum atomic E-state index is -5.57. The molecule has 0 bridgehead atoms. The molecule has 0 atom stereocenters. The molecule has 0 aromatic rings. The molecule has 0 aliphatic carbocycles. The Morgan fingerprint density at radius 3 is 1.74 bits per heavy atom. The molecule has 0 aromatic carbocycles. The van der Waals surface area contributed by atoms with Gasteiger partial charge in [0, 0.05) is 6.42 Å². The summed E-state index contributed by atoms with van der Waals surface area (Å²) in [6.07, 6.45) is 18.1. The Kier molecular flexibility index (Phi) is 14.4. The van der Waals surface area contributed by atoms with Crippen molar-refractivity contribution >= 4 is 15.9 Å². The zero-order chi connectivity index (χ0) is 20.6. The largest absolute Gasteiger partial charge is 0.516 e. The van der Waals surface area contributed by atoms with Gasteiger partial charge in [0.05, 0.1) is 0 Å². The zero-order valence-electron chi connectivity index (χ0n) is 16.3. The fraction of sp³-hybridized carbons (Fsp3) is 0.842. The second-order valence-corrected chi connectivity index (χ2v) is 8.48. The SMILES string of the molecule is CCCCCCCC/C=C/CCCCCCCC(=O)NS(=O)(=O)C(F)(F)F. The third-order valence-electron chi connectivity index (χ3n) is 4.22. The van der Waals surface area contributed by atoms with Gasteiger partial charge in [-0.15, -0.1) is 0 Å². The minimum Gasteiger partial charge on any atom is -0.274 e. The van der Waals surface area contributed by atoms with E-state index in [0.717, 1.165) is 36.8 Å². The first-order valence-electron chi connectivity index (χ1n) is 9.97. The number of unbranched alkanes of at least 4 members (excludes halogenated alkanes) is 11. The molecular weight excluding hydrogens is 379 g/mol. The van der Waals surface area contributed by atoms with Gasteiger partial charge in [0.1, 0.15) is 0 Å². The monoisotopic (exact) mass is 413 g/mol. The second-order valence-electron chi connectivity index (χ2n) is 6.81. The van der Waals surface area contributed by atoms with Crippen LogP contribution in [0, 0.1) is 0 Å². The number of hydrogen-bond donors (Lipinski definition) is 1. The molecule has 0 rings (SSSR count). The number of halogens is 3. The molecule has 0 spiro atoms. The molecule has 0 heterocycles. The molecule has 0 aliphatic heterocycles. The third kappa shape index (κ3) is 14.7. The van der Waals surface area contributed by atoms with Gasteiger partial charge in [0.2, 0.25) is 5.91 Å². The molecule has 0 saturated carbocycles. The van der Waals surface area contributed by atoms with Gasteiger partial charge >= 0.3 is 15.5 Å². The normalized spacial score (nSPS) is 12.6. The topological polar surface area (TPSA) is 63.2 Å². The Balaban J connectivity index is 3.50. The van der Waals surface area contributed by atoms with Crippen molar-refractivity contribution in [1.82, 2.24) is 4.72 Å². The smallest absolute Gasteiger partial charge is 0.274 e. The summed E-state index contributed by atoms with van der Waals surface area (Å²) in [5.41, 5.74) is -5.45. The first-order valence-corrected chi connectivity index (χ1v) is 11.5.